The zero-order valence-electron chi connectivity index (χ0n) is 11.5. The monoisotopic (exact) mass is 289 g/mol. The first-order valence-corrected chi connectivity index (χ1v) is 8.80. The molecule has 2 aliphatic heterocycles. The lowest BCUT2D eigenvalue weighted by Gasteiger charge is -2.35. The van der Waals surface area contributed by atoms with Crippen molar-refractivity contribution in [1.29, 1.82) is 0 Å². The zero-order chi connectivity index (χ0) is 13.9. The number of sulfone groups is 1. The molecule has 2 aliphatic rings. The molecule has 1 atom stereocenters. The molecule has 2 saturated heterocycles. The van der Waals surface area contributed by atoms with Gasteiger partial charge in [-0.1, -0.05) is 6.92 Å². The van der Waals surface area contributed by atoms with Gasteiger partial charge in [-0.25, -0.2) is 13.2 Å². The smallest absolute Gasteiger partial charge is 0.317 e. The molecule has 0 radical (unpaired) electrons. The van der Waals surface area contributed by atoms with E-state index in [1.807, 2.05) is 0 Å². The van der Waals surface area contributed by atoms with Crippen molar-refractivity contribution in [3.05, 3.63) is 0 Å². The highest BCUT2D eigenvalue weighted by molar-refractivity contribution is 7.91. The van der Waals surface area contributed by atoms with Crippen molar-refractivity contribution in [2.45, 2.75) is 25.8 Å². The van der Waals surface area contributed by atoms with Crippen LogP contribution in [0.25, 0.3) is 0 Å². The molecule has 110 valence electrons. The third kappa shape index (κ3) is 4.07. The van der Waals surface area contributed by atoms with Crippen LogP contribution in [0.15, 0.2) is 0 Å². The van der Waals surface area contributed by atoms with Gasteiger partial charge in [-0.05, 0) is 19.4 Å². The van der Waals surface area contributed by atoms with Crippen LogP contribution < -0.4 is 5.32 Å². The Kier molecular flexibility index (Phi) is 4.67. The summed E-state index contributed by atoms with van der Waals surface area (Å²) in [5, 5.41) is 2.84. The second kappa shape index (κ2) is 6.09. The molecule has 2 rings (SSSR count). The maximum Gasteiger partial charge on any atom is 0.317 e. The second-order valence-corrected chi connectivity index (χ2v) is 7.61. The average Bonchev–Trinajstić information content (AvgIpc) is 2.70. The van der Waals surface area contributed by atoms with Gasteiger partial charge in [0.05, 0.1) is 11.5 Å². The summed E-state index contributed by atoms with van der Waals surface area (Å²) in [5.74, 6) is 0.288. The van der Waals surface area contributed by atoms with Crippen molar-refractivity contribution in [2.75, 3.05) is 44.2 Å². The van der Waals surface area contributed by atoms with E-state index < -0.39 is 9.84 Å². The van der Waals surface area contributed by atoms with Crippen molar-refractivity contribution in [2.24, 2.45) is 0 Å². The first-order chi connectivity index (χ1) is 9.00. The molecule has 0 bridgehead atoms. The van der Waals surface area contributed by atoms with E-state index in [2.05, 4.69) is 17.1 Å². The predicted octanol–water partition coefficient (Wildman–Crippen LogP) is -0.0893. The molecular formula is C12H23N3O3S. The van der Waals surface area contributed by atoms with Gasteiger partial charge in [0, 0.05) is 32.2 Å². The number of urea groups is 1. The largest absolute Gasteiger partial charge is 0.334 e. The standard InChI is InChI=1S/C12H23N3O3S/c1-2-4-14-5-7-15(8-6-14)12(16)13-11-3-9-19(17,18)10-11/h11H,2-10H2,1H3,(H,13,16)/t11-/m0/s1. The van der Waals surface area contributed by atoms with Gasteiger partial charge in [-0.3, -0.25) is 4.90 Å². The van der Waals surface area contributed by atoms with Gasteiger partial charge < -0.3 is 10.2 Å². The SMILES string of the molecule is CCCN1CCN(C(=O)N[C@H]2CCS(=O)(=O)C2)CC1. The molecular weight excluding hydrogens is 266 g/mol. The maximum absolute atomic E-state index is 12.0. The molecule has 2 fully saturated rings. The Labute approximate surface area is 115 Å². The lowest BCUT2D eigenvalue weighted by atomic mass is 10.2. The molecule has 2 heterocycles. The van der Waals surface area contributed by atoms with Gasteiger partial charge in [0.15, 0.2) is 9.84 Å². The maximum atomic E-state index is 12.0. The molecule has 1 N–H and O–H groups in total. The van der Waals surface area contributed by atoms with Gasteiger partial charge in [-0.15, -0.1) is 0 Å². The highest BCUT2D eigenvalue weighted by Gasteiger charge is 2.30. The molecule has 0 aromatic rings. The summed E-state index contributed by atoms with van der Waals surface area (Å²) in [6, 6.07) is -0.315. The van der Waals surface area contributed by atoms with Gasteiger partial charge in [0.2, 0.25) is 0 Å². The van der Waals surface area contributed by atoms with E-state index in [9.17, 15) is 13.2 Å². The zero-order valence-corrected chi connectivity index (χ0v) is 12.3. The molecule has 0 aliphatic carbocycles. The number of hydrogen-bond donors (Lipinski definition) is 1. The van der Waals surface area contributed by atoms with Crippen molar-refractivity contribution in [3.8, 4) is 0 Å². The van der Waals surface area contributed by atoms with Gasteiger partial charge >= 0.3 is 6.03 Å². The van der Waals surface area contributed by atoms with Crippen LogP contribution >= 0.6 is 0 Å². The predicted molar refractivity (Wildman–Crippen MR) is 73.9 cm³/mol. The number of piperazine rings is 1. The fraction of sp³-hybridized carbons (Fsp3) is 0.917. The Morgan fingerprint density at radius 2 is 1.95 bits per heavy atom. The van der Waals surface area contributed by atoms with E-state index in [-0.39, 0.29) is 23.6 Å². The van der Waals surface area contributed by atoms with E-state index in [4.69, 9.17) is 0 Å². The van der Waals surface area contributed by atoms with E-state index in [0.717, 1.165) is 39.1 Å². The summed E-state index contributed by atoms with van der Waals surface area (Å²) >= 11 is 0. The first-order valence-electron chi connectivity index (χ1n) is 6.98. The lowest BCUT2D eigenvalue weighted by molar-refractivity contribution is 0.138. The minimum atomic E-state index is -2.93. The van der Waals surface area contributed by atoms with Crippen molar-refractivity contribution >= 4 is 15.9 Å². The fourth-order valence-electron chi connectivity index (χ4n) is 2.67. The third-order valence-electron chi connectivity index (χ3n) is 3.76. The Morgan fingerprint density at radius 3 is 2.47 bits per heavy atom. The minimum Gasteiger partial charge on any atom is -0.334 e. The van der Waals surface area contributed by atoms with Crippen LogP contribution in [0.5, 0.6) is 0 Å². The van der Waals surface area contributed by atoms with Gasteiger partial charge in [0.25, 0.3) is 0 Å². The van der Waals surface area contributed by atoms with Crippen LogP contribution in [0.4, 0.5) is 4.79 Å². The number of carbonyl (C=O) groups is 1. The Hall–Kier alpha value is -0.820. The molecule has 7 heteroatoms. The highest BCUT2D eigenvalue weighted by atomic mass is 32.2. The third-order valence-corrected chi connectivity index (χ3v) is 5.53. The summed E-state index contributed by atoms with van der Waals surface area (Å²) in [6.45, 7) is 6.50. The van der Waals surface area contributed by atoms with Crippen LogP contribution in [-0.2, 0) is 9.84 Å². The Morgan fingerprint density at radius 1 is 1.26 bits per heavy atom. The number of hydrogen-bond acceptors (Lipinski definition) is 4. The number of amides is 2. The van der Waals surface area contributed by atoms with Crippen molar-refractivity contribution < 1.29 is 13.2 Å². The molecule has 0 spiro atoms. The number of carbonyl (C=O) groups excluding carboxylic acids is 1. The summed E-state index contributed by atoms with van der Waals surface area (Å²) in [7, 11) is -2.93. The molecule has 0 aromatic carbocycles. The van der Waals surface area contributed by atoms with E-state index in [1.165, 1.54) is 0 Å². The van der Waals surface area contributed by atoms with E-state index in [1.54, 1.807) is 4.90 Å². The van der Waals surface area contributed by atoms with E-state index in [0.29, 0.717) is 6.42 Å². The Bertz CT molecular complexity index is 416. The average molecular weight is 289 g/mol. The molecule has 0 unspecified atom stereocenters. The fourth-order valence-corrected chi connectivity index (χ4v) is 4.34. The Balaban J connectivity index is 1.76. The topological polar surface area (TPSA) is 69.7 Å². The number of rotatable bonds is 3. The van der Waals surface area contributed by atoms with Crippen LogP contribution in [-0.4, -0.2) is 74.5 Å². The van der Waals surface area contributed by atoms with Crippen LogP contribution in [0.2, 0.25) is 0 Å². The number of nitrogens with one attached hydrogen (secondary N) is 1. The number of nitrogens with zero attached hydrogens (tertiary/aromatic N) is 2. The summed E-state index contributed by atoms with van der Waals surface area (Å²) in [5.41, 5.74) is 0. The normalized spacial score (nSPS) is 27.4. The highest BCUT2D eigenvalue weighted by Crippen LogP contribution is 2.12. The molecule has 6 nitrogen and oxygen atoms in total. The summed E-state index contributed by atoms with van der Waals surface area (Å²) in [6.07, 6.45) is 1.68. The van der Waals surface area contributed by atoms with Gasteiger partial charge in [0.1, 0.15) is 0 Å². The summed E-state index contributed by atoms with van der Waals surface area (Å²) in [4.78, 5) is 16.2. The van der Waals surface area contributed by atoms with Crippen LogP contribution in [0, 0.1) is 0 Å². The van der Waals surface area contributed by atoms with Crippen molar-refractivity contribution in [1.82, 2.24) is 15.1 Å². The molecule has 2 amide bonds. The molecule has 0 aromatic heterocycles. The van der Waals surface area contributed by atoms with E-state index >= 15 is 0 Å². The van der Waals surface area contributed by atoms with Crippen LogP contribution in [0.1, 0.15) is 19.8 Å². The molecule has 19 heavy (non-hydrogen) atoms. The van der Waals surface area contributed by atoms with Crippen molar-refractivity contribution in [3.63, 3.8) is 0 Å². The first kappa shape index (κ1) is 14.6. The quantitative estimate of drug-likeness (QED) is 0.788. The summed E-state index contributed by atoms with van der Waals surface area (Å²) < 4.78 is 22.7. The van der Waals surface area contributed by atoms with Crippen LogP contribution in [0.3, 0.4) is 0 Å². The lowest BCUT2D eigenvalue weighted by Crippen LogP contribution is -2.53. The molecule has 0 saturated carbocycles. The second-order valence-electron chi connectivity index (χ2n) is 5.38. The minimum absolute atomic E-state index is 0.0918. The van der Waals surface area contributed by atoms with Gasteiger partial charge in [-0.2, -0.15) is 0 Å².